The summed E-state index contributed by atoms with van der Waals surface area (Å²) in [5, 5.41) is 12.3. The third-order valence-electron chi connectivity index (χ3n) is 3.41. The molecule has 0 spiro atoms. The van der Waals surface area contributed by atoms with Gasteiger partial charge < -0.3 is 14.3 Å². The largest absolute Gasteiger partial charge is 0.441 e. The van der Waals surface area contributed by atoms with Crippen LogP contribution in [0.3, 0.4) is 0 Å². The van der Waals surface area contributed by atoms with Crippen LogP contribution in [-0.4, -0.2) is 9.55 Å². The monoisotopic (exact) mass is 280 g/mol. The van der Waals surface area contributed by atoms with Crippen LogP contribution in [0, 0.1) is 11.3 Å². The SMILES string of the molecule is CCc1nc2cc(NCc3cc(C#N)n(C)c3)ccc2o1. The Morgan fingerprint density at radius 3 is 2.95 bits per heavy atom. The lowest BCUT2D eigenvalue weighted by Gasteiger charge is -2.04. The summed E-state index contributed by atoms with van der Waals surface area (Å²) in [6.07, 6.45) is 2.74. The quantitative estimate of drug-likeness (QED) is 0.797. The van der Waals surface area contributed by atoms with Crippen molar-refractivity contribution in [2.75, 3.05) is 5.32 Å². The summed E-state index contributed by atoms with van der Waals surface area (Å²) in [5.41, 5.74) is 4.39. The molecular formula is C16H16N4O. The van der Waals surface area contributed by atoms with Gasteiger partial charge in [-0.15, -0.1) is 0 Å². The molecule has 0 aliphatic carbocycles. The first-order valence-corrected chi connectivity index (χ1v) is 6.88. The summed E-state index contributed by atoms with van der Waals surface area (Å²) in [5.74, 6) is 0.754. The molecule has 0 aliphatic heterocycles. The van der Waals surface area contributed by atoms with Gasteiger partial charge in [-0.25, -0.2) is 4.98 Å². The lowest BCUT2D eigenvalue weighted by Crippen LogP contribution is -1.98. The summed E-state index contributed by atoms with van der Waals surface area (Å²) in [6.45, 7) is 2.69. The van der Waals surface area contributed by atoms with Crippen LogP contribution in [0.1, 0.15) is 24.1 Å². The fourth-order valence-corrected chi connectivity index (χ4v) is 2.28. The molecule has 0 aliphatic rings. The van der Waals surface area contributed by atoms with E-state index in [-0.39, 0.29) is 0 Å². The van der Waals surface area contributed by atoms with Gasteiger partial charge in [-0.1, -0.05) is 6.92 Å². The van der Waals surface area contributed by atoms with Gasteiger partial charge in [0.25, 0.3) is 0 Å². The molecule has 2 aromatic heterocycles. The number of aromatic nitrogens is 2. The van der Waals surface area contributed by atoms with E-state index in [2.05, 4.69) is 16.4 Å². The van der Waals surface area contributed by atoms with Crippen molar-refractivity contribution in [1.82, 2.24) is 9.55 Å². The molecule has 1 N–H and O–H groups in total. The number of hydrogen-bond acceptors (Lipinski definition) is 4. The molecule has 2 heterocycles. The molecule has 0 radical (unpaired) electrons. The zero-order chi connectivity index (χ0) is 14.8. The number of anilines is 1. The Kier molecular flexibility index (Phi) is 3.36. The molecular weight excluding hydrogens is 264 g/mol. The first-order valence-electron chi connectivity index (χ1n) is 6.88. The maximum absolute atomic E-state index is 8.95. The van der Waals surface area contributed by atoms with Gasteiger partial charge in [0, 0.05) is 31.9 Å². The van der Waals surface area contributed by atoms with Gasteiger partial charge in [0.2, 0.25) is 0 Å². The molecule has 0 atom stereocenters. The molecule has 0 saturated carbocycles. The molecule has 106 valence electrons. The van der Waals surface area contributed by atoms with E-state index in [1.54, 1.807) is 0 Å². The highest BCUT2D eigenvalue weighted by atomic mass is 16.3. The van der Waals surface area contributed by atoms with Crippen molar-refractivity contribution in [1.29, 1.82) is 5.26 Å². The summed E-state index contributed by atoms with van der Waals surface area (Å²) >= 11 is 0. The predicted octanol–water partition coefficient (Wildman–Crippen LogP) is 3.21. The maximum Gasteiger partial charge on any atom is 0.195 e. The Bertz CT molecular complexity index is 823. The third-order valence-corrected chi connectivity index (χ3v) is 3.41. The highest BCUT2D eigenvalue weighted by Gasteiger charge is 2.06. The lowest BCUT2D eigenvalue weighted by atomic mass is 10.2. The second kappa shape index (κ2) is 5.33. The fraction of sp³-hybridized carbons (Fsp3) is 0.250. The van der Waals surface area contributed by atoms with Crippen molar-refractivity contribution in [3.8, 4) is 6.07 Å². The average molecular weight is 280 g/mol. The van der Waals surface area contributed by atoms with E-state index in [0.717, 1.165) is 34.7 Å². The van der Waals surface area contributed by atoms with E-state index in [4.69, 9.17) is 9.68 Å². The molecule has 0 bridgehead atoms. The van der Waals surface area contributed by atoms with E-state index in [1.165, 1.54) is 0 Å². The van der Waals surface area contributed by atoms with Gasteiger partial charge in [-0.3, -0.25) is 0 Å². The van der Waals surface area contributed by atoms with Gasteiger partial charge >= 0.3 is 0 Å². The number of nitrogens with one attached hydrogen (secondary N) is 1. The van der Waals surface area contributed by atoms with Crippen molar-refractivity contribution < 1.29 is 4.42 Å². The summed E-state index contributed by atoms with van der Waals surface area (Å²) in [4.78, 5) is 4.42. The minimum atomic E-state index is 0.659. The Hall–Kier alpha value is -2.74. The smallest absolute Gasteiger partial charge is 0.195 e. The fourth-order valence-electron chi connectivity index (χ4n) is 2.28. The number of nitriles is 1. The molecule has 21 heavy (non-hydrogen) atoms. The first kappa shape index (κ1) is 13.3. The molecule has 0 amide bonds. The number of benzene rings is 1. The van der Waals surface area contributed by atoms with Crippen LogP contribution >= 0.6 is 0 Å². The molecule has 3 rings (SSSR count). The molecule has 0 unspecified atom stereocenters. The van der Waals surface area contributed by atoms with Gasteiger partial charge in [0.1, 0.15) is 17.3 Å². The van der Waals surface area contributed by atoms with Gasteiger partial charge in [0.05, 0.1) is 0 Å². The van der Waals surface area contributed by atoms with Crippen LogP contribution in [0.2, 0.25) is 0 Å². The lowest BCUT2D eigenvalue weighted by molar-refractivity contribution is 0.538. The number of fused-ring (bicyclic) bond motifs is 1. The van der Waals surface area contributed by atoms with E-state index in [0.29, 0.717) is 12.2 Å². The Labute approximate surface area is 122 Å². The van der Waals surface area contributed by atoms with Crippen molar-refractivity contribution in [3.63, 3.8) is 0 Å². The van der Waals surface area contributed by atoms with Gasteiger partial charge in [-0.05, 0) is 29.8 Å². The van der Waals surface area contributed by atoms with Crippen molar-refractivity contribution in [2.24, 2.45) is 7.05 Å². The number of nitrogens with zero attached hydrogens (tertiary/aromatic N) is 3. The predicted molar refractivity (Wildman–Crippen MR) is 80.8 cm³/mol. The number of oxazole rings is 1. The van der Waals surface area contributed by atoms with Crippen LogP contribution in [0.25, 0.3) is 11.1 Å². The van der Waals surface area contributed by atoms with Crippen molar-refractivity contribution >= 4 is 16.8 Å². The molecule has 0 fully saturated rings. The summed E-state index contributed by atoms with van der Waals surface area (Å²) in [6, 6.07) is 9.92. The average Bonchev–Trinajstić information content (AvgIpc) is 3.07. The Morgan fingerprint density at radius 2 is 2.24 bits per heavy atom. The van der Waals surface area contributed by atoms with Crippen LogP contribution in [0.4, 0.5) is 5.69 Å². The molecule has 5 nitrogen and oxygen atoms in total. The number of hydrogen-bond donors (Lipinski definition) is 1. The normalized spacial score (nSPS) is 10.7. The first-order chi connectivity index (χ1) is 10.2. The van der Waals surface area contributed by atoms with Crippen LogP contribution in [0.15, 0.2) is 34.9 Å². The topological polar surface area (TPSA) is 66.8 Å². The Balaban J connectivity index is 1.76. The summed E-state index contributed by atoms with van der Waals surface area (Å²) < 4.78 is 7.42. The second-order valence-corrected chi connectivity index (χ2v) is 4.95. The second-order valence-electron chi connectivity index (χ2n) is 4.95. The van der Waals surface area contributed by atoms with E-state index < -0.39 is 0 Å². The van der Waals surface area contributed by atoms with Crippen LogP contribution in [-0.2, 0) is 20.0 Å². The van der Waals surface area contributed by atoms with Crippen molar-refractivity contribution in [2.45, 2.75) is 19.9 Å². The minimum Gasteiger partial charge on any atom is -0.441 e. The van der Waals surface area contributed by atoms with E-state index in [9.17, 15) is 0 Å². The van der Waals surface area contributed by atoms with Crippen molar-refractivity contribution in [3.05, 3.63) is 47.6 Å². The van der Waals surface area contributed by atoms with E-state index >= 15 is 0 Å². The number of aryl methyl sites for hydroxylation is 2. The molecule has 1 aromatic carbocycles. The minimum absolute atomic E-state index is 0.659. The number of rotatable bonds is 4. The highest BCUT2D eigenvalue weighted by molar-refractivity contribution is 5.77. The Morgan fingerprint density at radius 1 is 1.38 bits per heavy atom. The molecule has 3 aromatic rings. The molecule has 0 saturated heterocycles. The maximum atomic E-state index is 8.95. The third kappa shape index (κ3) is 2.61. The van der Waals surface area contributed by atoms with Crippen LogP contribution < -0.4 is 5.32 Å². The zero-order valence-corrected chi connectivity index (χ0v) is 12.1. The molecule has 5 heteroatoms. The zero-order valence-electron chi connectivity index (χ0n) is 12.1. The van der Waals surface area contributed by atoms with Gasteiger partial charge in [0.15, 0.2) is 11.5 Å². The van der Waals surface area contributed by atoms with Gasteiger partial charge in [-0.2, -0.15) is 5.26 Å². The van der Waals surface area contributed by atoms with Crippen LogP contribution in [0.5, 0.6) is 0 Å². The highest BCUT2D eigenvalue weighted by Crippen LogP contribution is 2.21. The van der Waals surface area contributed by atoms with E-state index in [1.807, 2.05) is 49.0 Å². The summed E-state index contributed by atoms with van der Waals surface area (Å²) in [7, 11) is 1.87. The standard InChI is InChI=1S/C16H16N4O/c1-3-16-19-14-7-12(4-5-15(14)21-16)18-9-11-6-13(8-17)20(2)10-11/h4-7,10,18H,3,9H2,1-2H3.